The minimum absolute atomic E-state index is 0.140. The number of nitrogens with one attached hydrogen (secondary N) is 2. The monoisotopic (exact) mass is 262 g/mol. The van der Waals surface area contributed by atoms with Crippen LogP contribution in [0.3, 0.4) is 0 Å². The van der Waals surface area contributed by atoms with Gasteiger partial charge in [0, 0.05) is 0 Å². The first-order valence-electron chi connectivity index (χ1n) is 6.67. The van der Waals surface area contributed by atoms with Gasteiger partial charge in [0.1, 0.15) is 0 Å². The van der Waals surface area contributed by atoms with Crippen LogP contribution < -0.4 is 10.9 Å². The third kappa shape index (κ3) is 1.80. The molecular formula is C17H14N2O. The largest absolute Gasteiger partial charge is 0.463 e. The van der Waals surface area contributed by atoms with Crippen molar-refractivity contribution in [1.29, 1.82) is 0 Å². The zero-order chi connectivity index (χ0) is 13.4. The predicted molar refractivity (Wildman–Crippen MR) is 79.6 cm³/mol. The lowest BCUT2D eigenvalue weighted by molar-refractivity contribution is 0.541. The highest BCUT2D eigenvalue weighted by atomic mass is 16.3. The molecule has 0 amide bonds. The fourth-order valence-corrected chi connectivity index (χ4v) is 2.67. The predicted octanol–water partition coefficient (Wildman–Crippen LogP) is 3.62. The van der Waals surface area contributed by atoms with Crippen LogP contribution in [-0.4, -0.2) is 0 Å². The van der Waals surface area contributed by atoms with Crippen LogP contribution in [-0.2, 0) is 0 Å². The van der Waals surface area contributed by atoms with Gasteiger partial charge in [0.15, 0.2) is 5.76 Å². The molecule has 3 heteroatoms. The molecule has 0 saturated heterocycles. The fourth-order valence-electron chi connectivity index (χ4n) is 2.67. The van der Waals surface area contributed by atoms with E-state index in [1.54, 1.807) is 6.26 Å². The summed E-state index contributed by atoms with van der Waals surface area (Å²) in [6.07, 6.45) is 3.84. The highest BCUT2D eigenvalue weighted by Crippen LogP contribution is 2.29. The molecule has 0 spiro atoms. The van der Waals surface area contributed by atoms with Crippen molar-refractivity contribution >= 4 is 16.5 Å². The summed E-state index contributed by atoms with van der Waals surface area (Å²) >= 11 is 0. The van der Waals surface area contributed by atoms with Gasteiger partial charge in [0.2, 0.25) is 0 Å². The molecule has 2 heterocycles. The van der Waals surface area contributed by atoms with E-state index >= 15 is 0 Å². The molecule has 20 heavy (non-hydrogen) atoms. The number of hydrazine groups is 1. The van der Waals surface area contributed by atoms with Crippen molar-refractivity contribution in [2.45, 2.75) is 6.04 Å². The fraction of sp³-hybridized carbons (Fsp3) is 0.0588. The van der Waals surface area contributed by atoms with E-state index in [2.05, 4.69) is 59.4 Å². The first-order chi connectivity index (χ1) is 9.92. The van der Waals surface area contributed by atoms with Crippen LogP contribution >= 0.6 is 0 Å². The molecule has 1 aliphatic rings. The van der Waals surface area contributed by atoms with Crippen LogP contribution in [0.5, 0.6) is 0 Å². The third-order valence-electron chi connectivity index (χ3n) is 3.64. The van der Waals surface area contributed by atoms with E-state index in [1.165, 1.54) is 16.3 Å². The van der Waals surface area contributed by atoms with Gasteiger partial charge in [-0.05, 0) is 34.5 Å². The number of furan rings is 1. The van der Waals surface area contributed by atoms with Crippen LogP contribution in [0.4, 0.5) is 0 Å². The average Bonchev–Trinajstić information content (AvgIpc) is 3.17. The Morgan fingerprint density at radius 2 is 1.80 bits per heavy atom. The zero-order valence-corrected chi connectivity index (χ0v) is 10.8. The molecule has 0 radical (unpaired) electrons. The van der Waals surface area contributed by atoms with Crippen molar-refractivity contribution in [3.05, 3.63) is 78.3 Å². The molecule has 1 atom stereocenters. The normalized spacial score (nSPS) is 18.0. The van der Waals surface area contributed by atoms with Gasteiger partial charge in [-0.2, -0.15) is 0 Å². The summed E-state index contributed by atoms with van der Waals surface area (Å²) < 4.78 is 5.42. The van der Waals surface area contributed by atoms with Gasteiger partial charge in [0.25, 0.3) is 0 Å². The summed E-state index contributed by atoms with van der Waals surface area (Å²) in [5.41, 5.74) is 8.73. The van der Waals surface area contributed by atoms with E-state index in [1.807, 2.05) is 12.1 Å². The van der Waals surface area contributed by atoms with Gasteiger partial charge < -0.3 is 9.84 Å². The number of benzene rings is 2. The lowest BCUT2D eigenvalue weighted by atomic mass is 9.99. The lowest BCUT2D eigenvalue weighted by Gasteiger charge is -2.12. The van der Waals surface area contributed by atoms with Crippen LogP contribution in [0.2, 0.25) is 0 Å². The van der Waals surface area contributed by atoms with Crippen LogP contribution in [0, 0.1) is 0 Å². The minimum atomic E-state index is 0.140. The summed E-state index contributed by atoms with van der Waals surface area (Å²) in [4.78, 5) is 0. The van der Waals surface area contributed by atoms with E-state index in [0.29, 0.717) is 0 Å². The highest BCUT2D eigenvalue weighted by molar-refractivity contribution is 5.86. The topological polar surface area (TPSA) is 37.2 Å². The lowest BCUT2D eigenvalue weighted by Crippen LogP contribution is -2.26. The molecule has 0 bridgehead atoms. The van der Waals surface area contributed by atoms with Crippen LogP contribution in [0.1, 0.15) is 17.4 Å². The Hall–Kier alpha value is -2.52. The molecule has 0 aliphatic carbocycles. The summed E-state index contributed by atoms with van der Waals surface area (Å²) in [6, 6.07) is 18.8. The molecule has 0 saturated carbocycles. The van der Waals surface area contributed by atoms with Gasteiger partial charge >= 0.3 is 0 Å². The van der Waals surface area contributed by atoms with Crippen molar-refractivity contribution in [2.75, 3.05) is 0 Å². The summed E-state index contributed by atoms with van der Waals surface area (Å²) in [5, 5.41) is 2.53. The molecule has 1 unspecified atom stereocenters. The number of fused-ring (bicyclic) bond motifs is 1. The van der Waals surface area contributed by atoms with Crippen molar-refractivity contribution < 1.29 is 4.42 Å². The van der Waals surface area contributed by atoms with E-state index in [4.69, 9.17) is 4.42 Å². The van der Waals surface area contributed by atoms with Crippen molar-refractivity contribution in [2.24, 2.45) is 0 Å². The Kier molecular flexibility index (Phi) is 2.57. The van der Waals surface area contributed by atoms with Crippen molar-refractivity contribution in [3.63, 3.8) is 0 Å². The molecule has 3 aromatic rings. The Morgan fingerprint density at radius 1 is 0.900 bits per heavy atom. The maximum absolute atomic E-state index is 5.42. The van der Waals surface area contributed by atoms with Gasteiger partial charge in [-0.15, -0.1) is 0 Å². The molecule has 0 fully saturated rings. The quantitative estimate of drug-likeness (QED) is 0.740. The average molecular weight is 262 g/mol. The van der Waals surface area contributed by atoms with Crippen LogP contribution in [0.25, 0.3) is 16.5 Å². The summed E-state index contributed by atoms with van der Waals surface area (Å²) in [6.45, 7) is 0. The zero-order valence-electron chi connectivity index (χ0n) is 10.8. The van der Waals surface area contributed by atoms with Gasteiger partial charge in [0.05, 0.1) is 18.0 Å². The summed E-state index contributed by atoms with van der Waals surface area (Å²) in [7, 11) is 0. The third-order valence-corrected chi connectivity index (χ3v) is 3.64. The summed E-state index contributed by atoms with van der Waals surface area (Å²) in [5.74, 6) is 0.847. The van der Waals surface area contributed by atoms with Crippen molar-refractivity contribution in [1.82, 2.24) is 10.9 Å². The number of rotatable bonds is 2. The maximum Gasteiger partial charge on any atom is 0.150 e. The second-order valence-corrected chi connectivity index (χ2v) is 4.87. The second-order valence-electron chi connectivity index (χ2n) is 4.87. The van der Waals surface area contributed by atoms with Gasteiger partial charge in [-0.25, -0.2) is 5.43 Å². The standard InChI is InChI=1S/C17H14N2O/c1-2-7-13-12(5-1)6-3-8-14(13)15-11-16(19-18-15)17-9-4-10-20-17/h1-11,15,18-19H. The molecule has 98 valence electrons. The molecule has 2 aromatic carbocycles. The minimum Gasteiger partial charge on any atom is -0.463 e. The molecule has 2 N–H and O–H groups in total. The Bertz CT molecular complexity index is 769. The SMILES string of the molecule is C1=C(c2ccco2)NNC1c1cccc2ccccc12. The smallest absolute Gasteiger partial charge is 0.150 e. The second kappa shape index (κ2) is 4.54. The maximum atomic E-state index is 5.42. The van der Waals surface area contributed by atoms with Gasteiger partial charge in [-0.1, -0.05) is 42.5 Å². The highest BCUT2D eigenvalue weighted by Gasteiger charge is 2.20. The van der Waals surface area contributed by atoms with E-state index in [-0.39, 0.29) is 6.04 Å². The van der Waals surface area contributed by atoms with E-state index < -0.39 is 0 Å². The Morgan fingerprint density at radius 3 is 2.70 bits per heavy atom. The molecule has 1 aliphatic heterocycles. The van der Waals surface area contributed by atoms with E-state index in [0.717, 1.165) is 11.5 Å². The Labute approximate surface area is 116 Å². The number of hydrogen-bond acceptors (Lipinski definition) is 3. The molecular weight excluding hydrogens is 248 g/mol. The van der Waals surface area contributed by atoms with Crippen molar-refractivity contribution in [3.8, 4) is 0 Å². The first kappa shape index (κ1) is 11.3. The first-order valence-corrected chi connectivity index (χ1v) is 6.67. The van der Waals surface area contributed by atoms with E-state index in [9.17, 15) is 0 Å². The Balaban J connectivity index is 1.78. The molecule has 1 aromatic heterocycles. The van der Waals surface area contributed by atoms with Crippen LogP contribution in [0.15, 0.2) is 71.4 Å². The molecule has 4 rings (SSSR count). The number of hydrogen-bond donors (Lipinski definition) is 2. The molecule has 3 nitrogen and oxygen atoms in total. The van der Waals surface area contributed by atoms with Gasteiger partial charge in [-0.3, -0.25) is 0 Å².